The normalized spacial score (nSPS) is 15.4. The van der Waals surface area contributed by atoms with Gasteiger partial charge in [0, 0.05) is 5.41 Å². The Balaban J connectivity index is 2.23. The number of benzene rings is 2. The van der Waals surface area contributed by atoms with Crippen molar-refractivity contribution in [2.45, 2.75) is 97.3 Å². The van der Waals surface area contributed by atoms with Crippen molar-refractivity contribution in [1.29, 1.82) is 0 Å². The molecule has 0 saturated heterocycles. The Labute approximate surface area is 213 Å². The van der Waals surface area contributed by atoms with E-state index in [1.807, 2.05) is 24.3 Å². The van der Waals surface area contributed by atoms with E-state index in [1.165, 1.54) is 49.7 Å². The predicted octanol–water partition coefficient (Wildman–Crippen LogP) is 4.53. The van der Waals surface area contributed by atoms with E-state index < -0.39 is 14.2 Å². The van der Waals surface area contributed by atoms with Gasteiger partial charge in [-0.05, 0) is 57.9 Å². The molecule has 190 valence electrons. The van der Waals surface area contributed by atoms with Crippen LogP contribution in [0.1, 0.15) is 103 Å². The minimum atomic E-state index is -1.54. The van der Waals surface area contributed by atoms with E-state index in [0.717, 1.165) is 36.8 Å². The number of unbranched alkanes of at least 4 members (excludes halogenated alkanes) is 2. The lowest BCUT2D eigenvalue weighted by Crippen LogP contribution is -2.34. The van der Waals surface area contributed by atoms with Crippen LogP contribution in [0, 0.1) is 11.8 Å². The molecule has 0 amide bonds. The largest absolute Gasteiger partial charge is 0.488 e. The highest BCUT2D eigenvalue weighted by Gasteiger charge is 2.45. The van der Waals surface area contributed by atoms with Crippen LogP contribution in [0.2, 0.25) is 0 Å². The molecule has 6 heteroatoms. The zero-order valence-electron chi connectivity index (χ0n) is 22.1. The summed E-state index contributed by atoms with van der Waals surface area (Å²) in [5.41, 5.74) is 5.30. The quantitative estimate of drug-likeness (QED) is 0.301. The molecule has 0 bridgehead atoms. The van der Waals surface area contributed by atoms with E-state index in [-0.39, 0.29) is 5.41 Å². The van der Waals surface area contributed by atoms with E-state index in [1.54, 1.807) is 0 Å². The first-order chi connectivity index (χ1) is 16.8. The topological polar surface area (TPSA) is 80.9 Å². The Bertz CT molecular complexity index is 882. The summed E-state index contributed by atoms with van der Waals surface area (Å²) >= 11 is 0. The van der Waals surface area contributed by atoms with E-state index in [9.17, 15) is 20.1 Å². The van der Waals surface area contributed by atoms with Crippen LogP contribution in [-0.2, 0) is 5.41 Å². The molecular formula is C29H44B2O4. The van der Waals surface area contributed by atoms with Gasteiger partial charge in [-0.15, -0.1) is 0 Å². The van der Waals surface area contributed by atoms with Crippen molar-refractivity contribution in [3.63, 3.8) is 0 Å². The summed E-state index contributed by atoms with van der Waals surface area (Å²) in [7, 11) is -3.07. The molecule has 4 nitrogen and oxygen atoms in total. The zero-order chi connectivity index (χ0) is 25.6. The lowest BCUT2D eigenvalue weighted by Gasteiger charge is -2.38. The highest BCUT2D eigenvalue weighted by atomic mass is 16.4. The smallest absolute Gasteiger partial charge is 0.423 e. The second-order valence-electron chi connectivity index (χ2n) is 10.7. The van der Waals surface area contributed by atoms with Gasteiger partial charge in [0.25, 0.3) is 0 Å². The van der Waals surface area contributed by atoms with Gasteiger partial charge >= 0.3 is 14.2 Å². The van der Waals surface area contributed by atoms with Crippen molar-refractivity contribution >= 4 is 25.2 Å². The van der Waals surface area contributed by atoms with Gasteiger partial charge in [0.1, 0.15) is 0 Å². The predicted molar refractivity (Wildman–Crippen MR) is 148 cm³/mol. The maximum Gasteiger partial charge on any atom is 0.488 e. The molecule has 3 rings (SSSR count). The summed E-state index contributed by atoms with van der Waals surface area (Å²) in [6, 6.07) is 11.7. The zero-order valence-corrected chi connectivity index (χ0v) is 22.1. The molecule has 0 aliphatic heterocycles. The average molecular weight is 478 g/mol. The number of rotatable bonds is 14. The third-order valence-electron chi connectivity index (χ3n) is 8.37. The molecule has 0 saturated carbocycles. The van der Waals surface area contributed by atoms with Crippen LogP contribution in [0.15, 0.2) is 36.4 Å². The van der Waals surface area contributed by atoms with Gasteiger partial charge in [0.15, 0.2) is 0 Å². The van der Waals surface area contributed by atoms with Gasteiger partial charge < -0.3 is 20.1 Å². The molecule has 1 aliphatic carbocycles. The molecule has 2 aromatic rings. The molecule has 2 atom stereocenters. The minimum absolute atomic E-state index is 0.161. The van der Waals surface area contributed by atoms with Crippen molar-refractivity contribution in [3.05, 3.63) is 47.5 Å². The first kappa shape index (κ1) is 28.0. The second-order valence-corrected chi connectivity index (χ2v) is 10.7. The standard InChI is InChI=1S/C29H44B2O4/c1-5-9-11-21(7-3)19-29(20-22(8-4)12-10-6-2)27-15-13-23(30(32)33)17-25(27)26-18-24(31(34)35)14-16-28(26)29/h13-18,21-22,32-35H,5-12,19-20H2,1-4H3. The Morgan fingerprint density at radius 1 is 0.657 bits per heavy atom. The fourth-order valence-electron chi connectivity index (χ4n) is 6.27. The third-order valence-corrected chi connectivity index (χ3v) is 8.37. The van der Waals surface area contributed by atoms with Gasteiger partial charge in [-0.2, -0.15) is 0 Å². The highest BCUT2D eigenvalue weighted by Crippen LogP contribution is 2.55. The van der Waals surface area contributed by atoms with Crippen LogP contribution in [0.5, 0.6) is 0 Å². The van der Waals surface area contributed by atoms with E-state index in [2.05, 4.69) is 39.8 Å². The van der Waals surface area contributed by atoms with Crippen molar-refractivity contribution in [2.75, 3.05) is 0 Å². The monoisotopic (exact) mass is 478 g/mol. The van der Waals surface area contributed by atoms with Gasteiger partial charge in [-0.3, -0.25) is 0 Å². The van der Waals surface area contributed by atoms with Crippen molar-refractivity contribution in [3.8, 4) is 11.1 Å². The fraction of sp³-hybridized carbons (Fsp3) is 0.586. The van der Waals surface area contributed by atoms with E-state index >= 15 is 0 Å². The molecule has 0 aromatic heterocycles. The maximum absolute atomic E-state index is 9.91. The second kappa shape index (κ2) is 12.6. The van der Waals surface area contributed by atoms with Crippen molar-refractivity contribution in [2.24, 2.45) is 11.8 Å². The van der Waals surface area contributed by atoms with Crippen LogP contribution < -0.4 is 10.9 Å². The van der Waals surface area contributed by atoms with Gasteiger partial charge in [0.2, 0.25) is 0 Å². The summed E-state index contributed by atoms with van der Waals surface area (Å²) in [6.45, 7) is 9.11. The highest BCUT2D eigenvalue weighted by molar-refractivity contribution is 6.59. The molecule has 0 fully saturated rings. The van der Waals surface area contributed by atoms with Crippen LogP contribution in [0.4, 0.5) is 0 Å². The Morgan fingerprint density at radius 2 is 1.06 bits per heavy atom. The summed E-state index contributed by atoms with van der Waals surface area (Å²) in [5, 5.41) is 39.7. The van der Waals surface area contributed by atoms with Crippen LogP contribution in [0.3, 0.4) is 0 Å². The number of hydrogen-bond acceptors (Lipinski definition) is 4. The summed E-state index contributed by atoms with van der Waals surface area (Å²) < 4.78 is 0. The van der Waals surface area contributed by atoms with Crippen LogP contribution >= 0.6 is 0 Å². The molecule has 4 N–H and O–H groups in total. The molecule has 2 aromatic carbocycles. The average Bonchev–Trinajstić information content (AvgIpc) is 3.12. The number of hydrogen-bond donors (Lipinski definition) is 4. The molecule has 1 aliphatic rings. The summed E-state index contributed by atoms with van der Waals surface area (Å²) in [5.74, 6) is 1.20. The lowest BCUT2D eigenvalue weighted by atomic mass is 9.64. The van der Waals surface area contributed by atoms with Crippen molar-refractivity contribution in [1.82, 2.24) is 0 Å². The maximum atomic E-state index is 9.91. The summed E-state index contributed by atoms with van der Waals surface area (Å²) in [6.07, 6.45) is 11.7. The lowest BCUT2D eigenvalue weighted by molar-refractivity contribution is 0.266. The Morgan fingerprint density at radius 3 is 1.37 bits per heavy atom. The fourth-order valence-corrected chi connectivity index (χ4v) is 6.27. The number of fused-ring (bicyclic) bond motifs is 3. The molecular weight excluding hydrogens is 434 g/mol. The first-order valence-electron chi connectivity index (χ1n) is 13.8. The minimum Gasteiger partial charge on any atom is -0.423 e. The van der Waals surface area contributed by atoms with Crippen molar-refractivity contribution < 1.29 is 20.1 Å². The first-order valence-corrected chi connectivity index (χ1v) is 13.8. The molecule has 0 spiro atoms. The van der Waals surface area contributed by atoms with Crippen LogP contribution in [0.25, 0.3) is 11.1 Å². The molecule has 0 heterocycles. The van der Waals surface area contributed by atoms with Gasteiger partial charge in [-0.25, -0.2) is 0 Å². The molecule has 2 unspecified atom stereocenters. The van der Waals surface area contributed by atoms with Gasteiger partial charge in [0.05, 0.1) is 0 Å². The Kier molecular flexibility index (Phi) is 10.1. The van der Waals surface area contributed by atoms with E-state index in [0.29, 0.717) is 22.8 Å². The van der Waals surface area contributed by atoms with Crippen LogP contribution in [-0.4, -0.2) is 34.3 Å². The Hall–Kier alpha value is -1.59. The molecule has 35 heavy (non-hydrogen) atoms. The molecule has 0 radical (unpaired) electrons. The van der Waals surface area contributed by atoms with E-state index in [4.69, 9.17) is 0 Å². The summed E-state index contributed by atoms with van der Waals surface area (Å²) in [4.78, 5) is 0. The van der Waals surface area contributed by atoms with Gasteiger partial charge in [-0.1, -0.05) is 115 Å². The SMILES string of the molecule is CCCCC(CC)CC1(CC(CC)CCCC)c2ccc(B(O)O)cc2-c2cc(B(O)O)ccc21. The third kappa shape index (κ3) is 6.05.